The molecule has 0 bridgehead atoms. The van der Waals surface area contributed by atoms with Crippen molar-refractivity contribution in [3.8, 4) is 23.1 Å². The minimum absolute atomic E-state index is 0.0138. The van der Waals surface area contributed by atoms with Gasteiger partial charge < -0.3 is 14.8 Å². The minimum Gasteiger partial charge on any atom is -0.460 e. The SMILES string of the molecule is COCCOc1nc(-c2ccc(F)cc2)n(-c2cccc(NC(=O)[C@]3(Cl)C[C@H]3F)c2)n1. The highest BCUT2D eigenvalue weighted by Gasteiger charge is 2.60. The van der Waals surface area contributed by atoms with Gasteiger partial charge in [0.2, 0.25) is 5.91 Å². The number of aromatic nitrogens is 3. The maximum absolute atomic E-state index is 13.4. The number of carbonyl (C=O) groups excluding carboxylic acids is 1. The molecule has 0 saturated heterocycles. The molecule has 2 aromatic carbocycles. The third-order valence-electron chi connectivity index (χ3n) is 4.75. The van der Waals surface area contributed by atoms with E-state index in [1.54, 1.807) is 43.5 Å². The molecule has 31 heavy (non-hydrogen) atoms. The highest BCUT2D eigenvalue weighted by Crippen LogP contribution is 2.46. The lowest BCUT2D eigenvalue weighted by Crippen LogP contribution is -2.27. The van der Waals surface area contributed by atoms with E-state index in [1.807, 2.05) is 0 Å². The summed E-state index contributed by atoms with van der Waals surface area (Å²) in [6.07, 6.45) is -1.37. The van der Waals surface area contributed by atoms with Crippen molar-refractivity contribution >= 4 is 23.2 Å². The second kappa shape index (κ2) is 8.60. The molecule has 1 saturated carbocycles. The normalized spacial score (nSPS) is 19.8. The van der Waals surface area contributed by atoms with Crippen LogP contribution in [0.1, 0.15) is 6.42 Å². The average Bonchev–Trinajstić information content (AvgIpc) is 3.18. The van der Waals surface area contributed by atoms with Gasteiger partial charge in [0.15, 0.2) is 10.7 Å². The van der Waals surface area contributed by atoms with Crippen LogP contribution in [0.4, 0.5) is 14.5 Å². The first-order chi connectivity index (χ1) is 14.9. The Morgan fingerprint density at radius 1 is 1.29 bits per heavy atom. The number of halogens is 3. The van der Waals surface area contributed by atoms with Crippen molar-refractivity contribution in [2.45, 2.75) is 17.5 Å². The van der Waals surface area contributed by atoms with Crippen molar-refractivity contribution in [3.05, 3.63) is 54.3 Å². The van der Waals surface area contributed by atoms with Crippen molar-refractivity contribution in [1.82, 2.24) is 14.8 Å². The number of hydrogen-bond donors (Lipinski definition) is 1. The van der Waals surface area contributed by atoms with Crippen molar-refractivity contribution in [2.75, 3.05) is 25.6 Å². The lowest BCUT2D eigenvalue weighted by atomic mass is 10.2. The van der Waals surface area contributed by atoms with Gasteiger partial charge in [-0.3, -0.25) is 4.79 Å². The maximum Gasteiger partial charge on any atom is 0.336 e. The monoisotopic (exact) mass is 448 g/mol. The number of alkyl halides is 2. The number of nitrogens with one attached hydrogen (secondary N) is 1. The standard InChI is InChI=1S/C21H19ClF2N4O3/c1-30-9-10-31-20-26-18(13-5-7-14(23)8-6-13)28(27-20)16-4-2-3-15(11-16)25-19(29)21(22)12-17(21)24/h2-8,11,17H,9-10,12H2,1H3,(H,25,29)/t17-,21+/m1/s1. The van der Waals surface area contributed by atoms with Crippen LogP contribution in [0.5, 0.6) is 6.01 Å². The van der Waals surface area contributed by atoms with E-state index in [2.05, 4.69) is 15.4 Å². The van der Waals surface area contributed by atoms with E-state index in [4.69, 9.17) is 21.1 Å². The number of benzene rings is 2. The molecule has 162 valence electrons. The third-order valence-corrected chi connectivity index (χ3v) is 5.31. The summed E-state index contributed by atoms with van der Waals surface area (Å²) in [7, 11) is 1.55. The second-order valence-corrected chi connectivity index (χ2v) is 7.69. The van der Waals surface area contributed by atoms with E-state index in [9.17, 15) is 13.6 Å². The molecule has 1 fully saturated rings. The Bertz CT molecular complexity index is 1090. The molecule has 1 aromatic heterocycles. The van der Waals surface area contributed by atoms with Crippen LogP contribution in [-0.4, -0.2) is 52.0 Å². The Kier molecular flexibility index (Phi) is 5.88. The zero-order valence-electron chi connectivity index (χ0n) is 16.5. The Balaban J connectivity index is 1.65. The van der Waals surface area contributed by atoms with Gasteiger partial charge in [-0.05, 0) is 42.5 Å². The zero-order chi connectivity index (χ0) is 22.0. The van der Waals surface area contributed by atoms with Gasteiger partial charge in [0.25, 0.3) is 0 Å². The molecule has 0 aliphatic heterocycles. The Hall–Kier alpha value is -3.04. The molecule has 0 unspecified atom stereocenters. The summed E-state index contributed by atoms with van der Waals surface area (Å²) in [6.45, 7) is 0.610. The summed E-state index contributed by atoms with van der Waals surface area (Å²) in [5.41, 5.74) is 1.59. The number of methoxy groups -OCH3 is 1. The number of nitrogens with zero attached hydrogens (tertiary/aromatic N) is 3. The average molecular weight is 449 g/mol. The Labute approximate surface area is 181 Å². The van der Waals surface area contributed by atoms with Crippen molar-refractivity contribution in [2.24, 2.45) is 0 Å². The first kappa shape index (κ1) is 21.2. The Morgan fingerprint density at radius 3 is 2.71 bits per heavy atom. The minimum atomic E-state index is -1.51. The van der Waals surface area contributed by atoms with Gasteiger partial charge >= 0.3 is 6.01 Å². The van der Waals surface area contributed by atoms with Gasteiger partial charge in [0.05, 0.1) is 12.3 Å². The van der Waals surface area contributed by atoms with Gasteiger partial charge in [0, 0.05) is 24.8 Å². The lowest BCUT2D eigenvalue weighted by molar-refractivity contribution is -0.116. The molecular weight excluding hydrogens is 430 g/mol. The zero-order valence-corrected chi connectivity index (χ0v) is 17.3. The van der Waals surface area contributed by atoms with E-state index >= 15 is 0 Å². The van der Waals surface area contributed by atoms with Gasteiger partial charge in [-0.25, -0.2) is 13.5 Å². The van der Waals surface area contributed by atoms with E-state index in [0.717, 1.165) is 0 Å². The molecule has 10 heteroatoms. The van der Waals surface area contributed by atoms with Crippen LogP contribution in [0.3, 0.4) is 0 Å². The smallest absolute Gasteiger partial charge is 0.336 e. The fraction of sp³-hybridized carbons (Fsp3) is 0.286. The largest absolute Gasteiger partial charge is 0.460 e. The van der Waals surface area contributed by atoms with Crippen molar-refractivity contribution in [3.63, 3.8) is 0 Å². The van der Waals surface area contributed by atoms with E-state index in [0.29, 0.717) is 29.4 Å². The molecule has 0 radical (unpaired) electrons. The van der Waals surface area contributed by atoms with Gasteiger partial charge in [-0.2, -0.15) is 4.98 Å². The summed E-state index contributed by atoms with van der Waals surface area (Å²) in [5, 5.41) is 7.01. The molecule has 1 heterocycles. The van der Waals surface area contributed by atoms with Crippen LogP contribution in [-0.2, 0) is 9.53 Å². The molecule has 1 aliphatic rings. The molecule has 0 spiro atoms. The number of carbonyl (C=O) groups is 1. The number of anilines is 1. The second-order valence-electron chi connectivity index (χ2n) is 7.02. The molecule has 1 amide bonds. The van der Waals surface area contributed by atoms with Gasteiger partial charge in [-0.15, -0.1) is 16.7 Å². The fourth-order valence-corrected chi connectivity index (χ4v) is 3.11. The highest BCUT2D eigenvalue weighted by molar-refractivity contribution is 6.39. The lowest BCUT2D eigenvalue weighted by Gasteiger charge is -2.11. The molecule has 1 N–H and O–H groups in total. The third kappa shape index (κ3) is 4.52. The highest BCUT2D eigenvalue weighted by atomic mass is 35.5. The Morgan fingerprint density at radius 2 is 2.03 bits per heavy atom. The predicted molar refractivity (Wildman–Crippen MR) is 111 cm³/mol. The van der Waals surface area contributed by atoms with Crippen molar-refractivity contribution < 1.29 is 23.0 Å². The van der Waals surface area contributed by atoms with Gasteiger partial charge in [-0.1, -0.05) is 6.07 Å². The van der Waals surface area contributed by atoms with E-state index in [-0.39, 0.29) is 24.9 Å². The summed E-state index contributed by atoms with van der Waals surface area (Å²) in [5.74, 6) is -0.562. The van der Waals surface area contributed by atoms with Crippen molar-refractivity contribution in [1.29, 1.82) is 0 Å². The van der Waals surface area contributed by atoms with Crippen LogP contribution in [0.15, 0.2) is 48.5 Å². The molecule has 1 aliphatic carbocycles. The first-order valence-electron chi connectivity index (χ1n) is 9.50. The molecule has 2 atom stereocenters. The van der Waals surface area contributed by atoms with Crippen LogP contribution in [0, 0.1) is 5.82 Å². The summed E-state index contributed by atoms with van der Waals surface area (Å²) < 4.78 is 38.8. The van der Waals surface area contributed by atoms with E-state index < -0.39 is 17.0 Å². The molecule has 7 nitrogen and oxygen atoms in total. The number of hydrogen-bond acceptors (Lipinski definition) is 5. The first-order valence-corrected chi connectivity index (χ1v) is 9.88. The van der Waals surface area contributed by atoms with Crippen LogP contribution < -0.4 is 10.1 Å². The quantitative estimate of drug-likeness (QED) is 0.419. The molecule has 3 aromatic rings. The molecule has 4 rings (SSSR count). The summed E-state index contributed by atoms with van der Waals surface area (Å²) in [6, 6.07) is 12.7. The number of amides is 1. The molecular formula is C21H19ClF2N4O3. The van der Waals surface area contributed by atoms with Gasteiger partial charge in [0.1, 0.15) is 18.6 Å². The van der Waals surface area contributed by atoms with Crippen LogP contribution in [0.25, 0.3) is 17.1 Å². The van der Waals surface area contributed by atoms with Crippen LogP contribution >= 0.6 is 11.6 Å². The predicted octanol–water partition coefficient (Wildman–Crippen LogP) is 3.76. The van der Waals surface area contributed by atoms with Crippen LogP contribution in [0.2, 0.25) is 0 Å². The number of ether oxygens (including phenoxy) is 2. The summed E-state index contributed by atoms with van der Waals surface area (Å²) >= 11 is 5.96. The fourth-order valence-electron chi connectivity index (χ4n) is 2.92. The maximum atomic E-state index is 13.4. The number of rotatable bonds is 8. The summed E-state index contributed by atoms with van der Waals surface area (Å²) in [4.78, 5) is 15.1. The van der Waals surface area contributed by atoms with E-state index in [1.165, 1.54) is 16.8 Å². The topological polar surface area (TPSA) is 78.3 Å².